The minimum atomic E-state index is 0.178. The van der Waals surface area contributed by atoms with Crippen molar-refractivity contribution >= 4 is 28.9 Å². The number of anilines is 1. The summed E-state index contributed by atoms with van der Waals surface area (Å²) in [4.78, 5) is 16.1. The molecule has 0 bridgehead atoms. The van der Waals surface area contributed by atoms with Gasteiger partial charge in [0.25, 0.3) is 0 Å². The summed E-state index contributed by atoms with van der Waals surface area (Å²) < 4.78 is 0. The number of aromatic hydroxyl groups is 1. The van der Waals surface area contributed by atoms with Gasteiger partial charge in [-0.05, 0) is 18.2 Å². The van der Waals surface area contributed by atoms with Crippen molar-refractivity contribution in [3.05, 3.63) is 30.6 Å². The Morgan fingerprint density at radius 1 is 1.28 bits per heavy atom. The fourth-order valence-electron chi connectivity index (χ4n) is 1.56. The van der Waals surface area contributed by atoms with Crippen molar-refractivity contribution in [1.29, 1.82) is 0 Å². The lowest BCUT2D eigenvalue weighted by atomic mass is 10.3. The Morgan fingerprint density at radius 2 is 2.17 bits per heavy atom. The molecule has 0 saturated heterocycles. The first-order valence-electron chi connectivity index (χ1n) is 5.16. The highest BCUT2D eigenvalue weighted by atomic mass is 32.2. The molecule has 0 saturated carbocycles. The predicted molar refractivity (Wildman–Crippen MR) is 68.3 cm³/mol. The van der Waals surface area contributed by atoms with Crippen LogP contribution < -0.4 is 5.73 Å². The predicted octanol–water partition coefficient (Wildman–Crippen LogP) is 1.79. The van der Waals surface area contributed by atoms with Gasteiger partial charge >= 0.3 is 0 Å². The summed E-state index contributed by atoms with van der Waals surface area (Å²) in [6.07, 6.45) is 1.55. The van der Waals surface area contributed by atoms with Crippen LogP contribution in [0.3, 0.4) is 0 Å². The summed E-state index contributed by atoms with van der Waals surface area (Å²) in [5.74, 6) is 0.389. The Hall–Kier alpha value is -2.28. The van der Waals surface area contributed by atoms with Gasteiger partial charge in [-0.1, -0.05) is 17.8 Å². The van der Waals surface area contributed by atoms with E-state index in [9.17, 15) is 5.11 Å². The summed E-state index contributed by atoms with van der Waals surface area (Å²) >= 11 is 1.39. The van der Waals surface area contributed by atoms with Crippen molar-refractivity contribution in [3.8, 4) is 5.75 Å². The Balaban J connectivity index is 2.06. The number of nitrogens with two attached hydrogens (primary N) is 1. The quantitative estimate of drug-likeness (QED) is 0.606. The van der Waals surface area contributed by atoms with Gasteiger partial charge < -0.3 is 15.8 Å². The maximum Gasteiger partial charge on any atom is 0.223 e. The van der Waals surface area contributed by atoms with Gasteiger partial charge in [0.15, 0.2) is 5.65 Å². The lowest BCUT2D eigenvalue weighted by Gasteiger charge is -2.03. The molecule has 0 unspecified atom stereocenters. The number of imidazole rings is 1. The molecule has 0 spiro atoms. The van der Waals surface area contributed by atoms with Gasteiger partial charge in [-0.25, -0.2) is 9.97 Å². The molecular formula is C11H9N5OS. The van der Waals surface area contributed by atoms with Crippen molar-refractivity contribution in [2.45, 2.75) is 9.92 Å². The van der Waals surface area contributed by atoms with E-state index in [4.69, 9.17) is 5.73 Å². The summed E-state index contributed by atoms with van der Waals surface area (Å²) in [7, 11) is 0. The van der Waals surface area contributed by atoms with Crippen LogP contribution in [0.2, 0.25) is 0 Å². The van der Waals surface area contributed by atoms with Crippen molar-refractivity contribution < 1.29 is 5.11 Å². The smallest absolute Gasteiger partial charge is 0.223 e. The van der Waals surface area contributed by atoms with Gasteiger partial charge in [0.1, 0.15) is 16.3 Å². The lowest BCUT2D eigenvalue weighted by Crippen LogP contribution is -1.96. The van der Waals surface area contributed by atoms with Crippen LogP contribution >= 0.6 is 11.8 Å². The molecule has 3 aromatic rings. The summed E-state index contributed by atoms with van der Waals surface area (Å²) in [6, 6.07) is 6.92. The first-order valence-corrected chi connectivity index (χ1v) is 5.97. The highest BCUT2D eigenvalue weighted by Crippen LogP contribution is 2.31. The molecule has 0 aliphatic heterocycles. The van der Waals surface area contributed by atoms with Crippen molar-refractivity contribution in [2.24, 2.45) is 0 Å². The molecule has 4 N–H and O–H groups in total. The molecule has 0 amide bonds. The molecule has 1 aromatic carbocycles. The third-order valence-corrected chi connectivity index (χ3v) is 3.28. The molecule has 0 radical (unpaired) electrons. The maximum atomic E-state index is 9.43. The number of H-pyrrole nitrogens is 1. The number of hydrogen-bond acceptors (Lipinski definition) is 6. The van der Waals surface area contributed by atoms with Crippen LogP contribution in [0.1, 0.15) is 0 Å². The minimum absolute atomic E-state index is 0.178. The van der Waals surface area contributed by atoms with E-state index in [1.54, 1.807) is 24.5 Å². The van der Waals surface area contributed by atoms with Gasteiger partial charge in [-0.15, -0.1) is 0 Å². The molecule has 90 valence electrons. The second-order valence-corrected chi connectivity index (χ2v) is 4.65. The molecule has 0 fully saturated rings. The van der Waals surface area contributed by atoms with Gasteiger partial charge in [0, 0.05) is 4.90 Å². The van der Waals surface area contributed by atoms with Gasteiger partial charge in [0.05, 0.1) is 6.33 Å². The third-order valence-electron chi connectivity index (χ3n) is 2.30. The van der Waals surface area contributed by atoms with Crippen LogP contribution in [-0.2, 0) is 0 Å². The van der Waals surface area contributed by atoms with E-state index >= 15 is 0 Å². The van der Waals surface area contributed by atoms with E-state index in [-0.39, 0.29) is 11.7 Å². The van der Waals surface area contributed by atoms with Gasteiger partial charge in [0.2, 0.25) is 5.95 Å². The average Bonchev–Trinajstić information content (AvgIpc) is 2.77. The molecule has 3 rings (SSSR count). The molecule has 6 nitrogen and oxygen atoms in total. The molecule has 0 aliphatic carbocycles. The number of fused-ring (bicyclic) bond motifs is 1. The lowest BCUT2D eigenvalue weighted by molar-refractivity contribution is 0.474. The molecule has 2 aromatic heterocycles. The molecule has 7 heteroatoms. The molecule has 0 aliphatic rings. The van der Waals surface area contributed by atoms with Crippen molar-refractivity contribution in [3.63, 3.8) is 0 Å². The van der Waals surface area contributed by atoms with Gasteiger partial charge in [-0.3, -0.25) is 0 Å². The van der Waals surface area contributed by atoms with E-state index in [2.05, 4.69) is 19.9 Å². The second-order valence-electron chi connectivity index (χ2n) is 3.59. The number of phenols is 1. The van der Waals surface area contributed by atoms with Crippen LogP contribution in [0.15, 0.2) is 40.5 Å². The fraction of sp³-hybridized carbons (Fsp3) is 0. The number of nitrogens with one attached hydrogen (secondary N) is 1. The zero-order valence-electron chi connectivity index (χ0n) is 9.16. The largest absolute Gasteiger partial charge is 0.508 e. The molecule has 0 atom stereocenters. The summed E-state index contributed by atoms with van der Waals surface area (Å²) in [5, 5.41) is 10.1. The number of benzene rings is 1. The van der Waals surface area contributed by atoms with Crippen LogP contribution in [0, 0.1) is 0 Å². The average molecular weight is 259 g/mol. The Kier molecular flexibility index (Phi) is 2.52. The Bertz CT molecular complexity index is 711. The number of phenolic OH excluding ortho intramolecular Hbond substituents is 1. The Labute approximate surface area is 106 Å². The van der Waals surface area contributed by atoms with E-state index in [0.717, 1.165) is 10.4 Å². The normalized spacial score (nSPS) is 10.9. The zero-order valence-corrected chi connectivity index (χ0v) is 9.98. The maximum absolute atomic E-state index is 9.43. The van der Waals surface area contributed by atoms with E-state index in [1.807, 2.05) is 6.07 Å². The van der Waals surface area contributed by atoms with Gasteiger partial charge in [-0.2, -0.15) is 4.98 Å². The van der Waals surface area contributed by atoms with Crippen LogP contribution in [0.5, 0.6) is 5.75 Å². The van der Waals surface area contributed by atoms with E-state index in [1.165, 1.54) is 11.8 Å². The van der Waals surface area contributed by atoms with E-state index < -0.39 is 0 Å². The first kappa shape index (κ1) is 10.8. The summed E-state index contributed by atoms with van der Waals surface area (Å²) in [5.41, 5.74) is 6.89. The zero-order chi connectivity index (χ0) is 12.5. The number of hydrogen-bond donors (Lipinski definition) is 3. The topological polar surface area (TPSA) is 101 Å². The van der Waals surface area contributed by atoms with Crippen LogP contribution in [0.25, 0.3) is 11.2 Å². The first-order chi connectivity index (χ1) is 8.72. The number of nitrogen functional groups attached to an aromatic ring is 1. The number of nitrogens with zero attached hydrogens (tertiary/aromatic N) is 3. The molecule has 2 heterocycles. The van der Waals surface area contributed by atoms with Crippen LogP contribution in [-0.4, -0.2) is 25.0 Å². The standard InChI is InChI=1S/C11H9N5OS/c12-11-15-9-8(13-5-14-9)10(16-11)18-7-3-1-2-6(17)4-7/h1-5,17H,(H3,12,13,14,15,16). The second kappa shape index (κ2) is 4.19. The highest BCUT2D eigenvalue weighted by molar-refractivity contribution is 7.99. The van der Waals surface area contributed by atoms with Crippen LogP contribution in [0.4, 0.5) is 5.95 Å². The third kappa shape index (κ3) is 1.95. The number of aromatic amines is 1. The highest BCUT2D eigenvalue weighted by Gasteiger charge is 2.10. The monoisotopic (exact) mass is 259 g/mol. The molecule has 18 heavy (non-hydrogen) atoms. The summed E-state index contributed by atoms with van der Waals surface area (Å²) in [6.45, 7) is 0. The Morgan fingerprint density at radius 3 is 3.00 bits per heavy atom. The minimum Gasteiger partial charge on any atom is -0.508 e. The number of rotatable bonds is 2. The number of aromatic nitrogens is 4. The molecular weight excluding hydrogens is 250 g/mol. The SMILES string of the molecule is Nc1nc(Sc2cccc(O)c2)c2[nH]cnc2n1. The van der Waals surface area contributed by atoms with Crippen molar-refractivity contribution in [1.82, 2.24) is 19.9 Å². The van der Waals surface area contributed by atoms with Crippen molar-refractivity contribution in [2.75, 3.05) is 5.73 Å². The fourth-order valence-corrected chi connectivity index (χ4v) is 2.50. The van der Waals surface area contributed by atoms with E-state index in [0.29, 0.717) is 10.7 Å².